The molecule has 0 bridgehead atoms. The first kappa shape index (κ1) is 18.4. The number of benzene rings is 1. The van der Waals surface area contributed by atoms with Gasteiger partial charge in [0.15, 0.2) is 0 Å². The van der Waals surface area contributed by atoms with Gasteiger partial charge in [-0.15, -0.1) is 10.2 Å². The zero-order valence-corrected chi connectivity index (χ0v) is 16.7. The molecule has 146 valence electrons. The Morgan fingerprint density at radius 2 is 1.75 bits per heavy atom. The summed E-state index contributed by atoms with van der Waals surface area (Å²) < 4.78 is 2.00. The molecule has 0 radical (unpaired) electrons. The van der Waals surface area contributed by atoms with Crippen molar-refractivity contribution in [1.82, 2.24) is 24.5 Å². The van der Waals surface area contributed by atoms with Crippen molar-refractivity contribution in [2.24, 2.45) is 0 Å². The van der Waals surface area contributed by atoms with Crippen LogP contribution in [0.15, 0.2) is 30.3 Å². The number of carbonyl (C=O) groups is 1. The standard InChI is InChI=1S/C21H26N6O/c1-4-18-23-24-21-22-19(13-16(3)27(18)21)25-9-11-26(12-10-25)20(28)14-17-7-5-15(2)6-8-17/h5-8,13H,4,9-12,14H2,1-3H3. The number of fused-ring (bicyclic) bond motifs is 1. The van der Waals surface area contributed by atoms with E-state index in [0.29, 0.717) is 25.3 Å². The highest BCUT2D eigenvalue weighted by atomic mass is 16.2. The molecular weight excluding hydrogens is 352 g/mol. The summed E-state index contributed by atoms with van der Waals surface area (Å²) in [6.07, 6.45) is 1.29. The van der Waals surface area contributed by atoms with E-state index in [4.69, 9.17) is 0 Å². The summed E-state index contributed by atoms with van der Waals surface area (Å²) in [4.78, 5) is 21.5. The van der Waals surface area contributed by atoms with Crippen molar-refractivity contribution in [2.75, 3.05) is 31.1 Å². The highest BCUT2D eigenvalue weighted by Crippen LogP contribution is 2.18. The third kappa shape index (κ3) is 3.56. The molecule has 0 N–H and O–H groups in total. The predicted molar refractivity (Wildman–Crippen MR) is 109 cm³/mol. The maximum atomic E-state index is 12.6. The summed E-state index contributed by atoms with van der Waals surface area (Å²) >= 11 is 0. The number of nitrogens with zero attached hydrogens (tertiary/aromatic N) is 6. The van der Waals surface area contributed by atoms with Crippen LogP contribution in [0.3, 0.4) is 0 Å². The second-order valence-corrected chi connectivity index (χ2v) is 7.39. The van der Waals surface area contributed by atoms with Crippen LogP contribution in [-0.2, 0) is 17.6 Å². The van der Waals surface area contributed by atoms with Crippen molar-refractivity contribution in [3.63, 3.8) is 0 Å². The SMILES string of the molecule is CCc1nnc2nc(N3CCN(C(=O)Cc4ccc(C)cc4)CC3)cc(C)n12. The van der Waals surface area contributed by atoms with E-state index >= 15 is 0 Å². The molecule has 1 aliphatic heterocycles. The quantitative estimate of drug-likeness (QED) is 0.696. The van der Waals surface area contributed by atoms with E-state index in [1.54, 1.807) is 0 Å². The summed E-state index contributed by atoms with van der Waals surface area (Å²) in [5.41, 5.74) is 3.36. The molecule has 1 amide bonds. The minimum Gasteiger partial charge on any atom is -0.353 e. The monoisotopic (exact) mass is 378 g/mol. The molecule has 0 unspecified atom stereocenters. The second-order valence-electron chi connectivity index (χ2n) is 7.39. The van der Waals surface area contributed by atoms with Gasteiger partial charge in [0.25, 0.3) is 5.78 Å². The molecule has 28 heavy (non-hydrogen) atoms. The van der Waals surface area contributed by atoms with Crippen LogP contribution >= 0.6 is 0 Å². The molecule has 1 aromatic carbocycles. The molecule has 0 saturated carbocycles. The lowest BCUT2D eigenvalue weighted by Gasteiger charge is -2.35. The summed E-state index contributed by atoms with van der Waals surface area (Å²) in [5, 5.41) is 8.43. The number of amides is 1. The van der Waals surface area contributed by atoms with Gasteiger partial charge in [-0.3, -0.25) is 9.20 Å². The normalized spacial score (nSPS) is 14.7. The Hall–Kier alpha value is -2.96. The number of piperazine rings is 1. The first-order valence-corrected chi connectivity index (χ1v) is 9.85. The van der Waals surface area contributed by atoms with Crippen molar-refractivity contribution in [3.05, 3.63) is 53.0 Å². The molecule has 3 heterocycles. The summed E-state index contributed by atoms with van der Waals surface area (Å²) in [7, 11) is 0. The zero-order valence-electron chi connectivity index (χ0n) is 16.7. The molecular formula is C21H26N6O. The summed E-state index contributed by atoms with van der Waals surface area (Å²) in [6, 6.07) is 10.3. The lowest BCUT2D eigenvalue weighted by atomic mass is 10.1. The molecule has 3 aromatic rings. The Balaban J connectivity index is 1.41. The fourth-order valence-electron chi connectivity index (χ4n) is 3.70. The van der Waals surface area contributed by atoms with E-state index in [1.807, 2.05) is 21.4 Å². The molecule has 0 aliphatic carbocycles. The number of carbonyl (C=O) groups excluding carboxylic acids is 1. The zero-order chi connectivity index (χ0) is 19.7. The van der Waals surface area contributed by atoms with Gasteiger partial charge in [-0.05, 0) is 19.4 Å². The Morgan fingerprint density at radius 1 is 1.04 bits per heavy atom. The van der Waals surface area contributed by atoms with Gasteiger partial charge < -0.3 is 9.80 Å². The van der Waals surface area contributed by atoms with E-state index in [9.17, 15) is 4.79 Å². The minimum absolute atomic E-state index is 0.188. The number of rotatable bonds is 4. The van der Waals surface area contributed by atoms with Gasteiger partial charge in [-0.2, -0.15) is 4.98 Å². The molecule has 7 heteroatoms. The van der Waals surface area contributed by atoms with Crippen LogP contribution in [0.1, 0.15) is 29.6 Å². The van der Waals surface area contributed by atoms with Crippen LogP contribution < -0.4 is 4.90 Å². The van der Waals surface area contributed by atoms with Gasteiger partial charge >= 0.3 is 0 Å². The van der Waals surface area contributed by atoms with Crippen molar-refractivity contribution >= 4 is 17.5 Å². The lowest BCUT2D eigenvalue weighted by Crippen LogP contribution is -2.49. The second kappa shape index (κ2) is 7.58. The maximum Gasteiger partial charge on any atom is 0.257 e. The van der Waals surface area contributed by atoms with Crippen LogP contribution in [0.2, 0.25) is 0 Å². The molecule has 4 rings (SSSR count). The topological polar surface area (TPSA) is 66.6 Å². The number of hydrogen-bond donors (Lipinski definition) is 0. The highest BCUT2D eigenvalue weighted by molar-refractivity contribution is 5.79. The number of aryl methyl sites for hydroxylation is 3. The molecule has 7 nitrogen and oxygen atoms in total. The molecule has 0 atom stereocenters. The fraction of sp³-hybridized carbons (Fsp3) is 0.429. The largest absolute Gasteiger partial charge is 0.353 e. The number of anilines is 1. The van der Waals surface area contributed by atoms with E-state index < -0.39 is 0 Å². The van der Waals surface area contributed by atoms with Crippen LogP contribution in [0.5, 0.6) is 0 Å². The first-order chi connectivity index (χ1) is 13.5. The van der Waals surface area contributed by atoms with E-state index in [0.717, 1.165) is 42.4 Å². The molecule has 1 fully saturated rings. The Morgan fingerprint density at radius 3 is 2.43 bits per heavy atom. The average Bonchev–Trinajstić information content (AvgIpc) is 3.13. The van der Waals surface area contributed by atoms with Crippen molar-refractivity contribution in [1.29, 1.82) is 0 Å². The van der Waals surface area contributed by atoms with Gasteiger partial charge in [0.2, 0.25) is 5.91 Å². The number of aromatic nitrogens is 4. The Kier molecular flexibility index (Phi) is 4.98. The van der Waals surface area contributed by atoms with Crippen molar-refractivity contribution < 1.29 is 4.79 Å². The third-order valence-corrected chi connectivity index (χ3v) is 5.37. The first-order valence-electron chi connectivity index (χ1n) is 9.85. The predicted octanol–water partition coefficient (Wildman–Crippen LogP) is 2.19. The van der Waals surface area contributed by atoms with Crippen LogP contribution in [0, 0.1) is 13.8 Å². The van der Waals surface area contributed by atoms with Gasteiger partial charge in [0, 0.05) is 44.4 Å². The van der Waals surface area contributed by atoms with Crippen molar-refractivity contribution in [2.45, 2.75) is 33.6 Å². The molecule has 2 aromatic heterocycles. The third-order valence-electron chi connectivity index (χ3n) is 5.37. The van der Waals surface area contributed by atoms with Gasteiger partial charge in [-0.25, -0.2) is 0 Å². The van der Waals surface area contributed by atoms with E-state index in [-0.39, 0.29) is 5.91 Å². The van der Waals surface area contributed by atoms with Gasteiger partial charge in [-0.1, -0.05) is 36.8 Å². The summed E-state index contributed by atoms with van der Waals surface area (Å²) in [5.74, 6) is 2.67. The fourth-order valence-corrected chi connectivity index (χ4v) is 3.70. The number of hydrogen-bond acceptors (Lipinski definition) is 5. The van der Waals surface area contributed by atoms with E-state index in [2.05, 4.69) is 59.1 Å². The summed E-state index contributed by atoms with van der Waals surface area (Å²) in [6.45, 7) is 9.15. The van der Waals surface area contributed by atoms with E-state index in [1.165, 1.54) is 5.56 Å². The maximum absolute atomic E-state index is 12.6. The van der Waals surface area contributed by atoms with Crippen LogP contribution in [-0.4, -0.2) is 56.6 Å². The minimum atomic E-state index is 0.188. The molecule has 0 spiro atoms. The van der Waals surface area contributed by atoms with Crippen molar-refractivity contribution in [3.8, 4) is 0 Å². The highest BCUT2D eigenvalue weighted by Gasteiger charge is 2.23. The Labute approximate surface area is 165 Å². The smallest absolute Gasteiger partial charge is 0.257 e. The Bertz CT molecular complexity index is 986. The average molecular weight is 378 g/mol. The van der Waals surface area contributed by atoms with Gasteiger partial charge in [0.1, 0.15) is 11.6 Å². The molecule has 1 saturated heterocycles. The molecule has 1 aliphatic rings. The van der Waals surface area contributed by atoms with Crippen LogP contribution in [0.25, 0.3) is 5.78 Å². The lowest BCUT2D eigenvalue weighted by molar-refractivity contribution is -0.130. The van der Waals surface area contributed by atoms with Gasteiger partial charge in [0.05, 0.1) is 6.42 Å². The van der Waals surface area contributed by atoms with Crippen LogP contribution in [0.4, 0.5) is 5.82 Å².